The molecule has 1 rings (SSSR count). The zero-order valence-electron chi connectivity index (χ0n) is 9.47. The van der Waals surface area contributed by atoms with Crippen LogP contribution in [-0.4, -0.2) is 18.5 Å². The summed E-state index contributed by atoms with van der Waals surface area (Å²) in [5, 5.41) is 5.45. The van der Waals surface area contributed by atoms with E-state index < -0.39 is 11.9 Å². The van der Waals surface area contributed by atoms with Gasteiger partial charge in [-0.1, -0.05) is 12.1 Å². The van der Waals surface area contributed by atoms with Gasteiger partial charge in [0.1, 0.15) is 11.9 Å². The highest BCUT2D eigenvalue weighted by molar-refractivity contribution is 9.10. The molecule has 0 saturated heterocycles. The van der Waals surface area contributed by atoms with Gasteiger partial charge in [0.05, 0.1) is 5.69 Å². The van der Waals surface area contributed by atoms with Gasteiger partial charge in [-0.2, -0.15) is 0 Å². The maximum absolute atomic E-state index is 13.5. The number of carbonyl (C=O) groups is 1. The molecule has 92 valence electrons. The van der Waals surface area contributed by atoms with E-state index in [0.717, 1.165) is 0 Å². The first-order valence-corrected chi connectivity index (χ1v) is 5.94. The smallest absolute Gasteiger partial charge is 0.242 e. The Balaban J connectivity index is 2.70. The summed E-state index contributed by atoms with van der Waals surface area (Å²) in [6.07, 6.45) is 1.59. The Morgan fingerprint density at radius 2 is 2.35 bits per heavy atom. The number of benzene rings is 1. The molecular weight excluding hydrogens is 287 g/mol. The molecule has 0 radical (unpaired) electrons. The summed E-state index contributed by atoms with van der Waals surface area (Å²) in [7, 11) is 0. The minimum Gasteiger partial charge on any atom is -0.371 e. The number of amides is 1. The lowest BCUT2D eigenvalue weighted by molar-refractivity contribution is -0.121. The summed E-state index contributed by atoms with van der Waals surface area (Å²) in [6, 6.07) is 4.11. The summed E-state index contributed by atoms with van der Waals surface area (Å²) in [5.74, 6) is -0.609. The van der Waals surface area contributed by atoms with Crippen molar-refractivity contribution in [1.82, 2.24) is 5.32 Å². The van der Waals surface area contributed by atoms with E-state index in [9.17, 15) is 9.18 Å². The number of hydrogen-bond donors (Lipinski definition) is 2. The average Bonchev–Trinajstić information content (AvgIpc) is 2.30. The molecule has 17 heavy (non-hydrogen) atoms. The third-order valence-corrected chi connectivity index (χ3v) is 2.80. The summed E-state index contributed by atoms with van der Waals surface area (Å²) in [5.41, 5.74) is 0.286. The molecule has 1 aromatic carbocycles. The normalized spacial score (nSPS) is 11.7. The van der Waals surface area contributed by atoms with Gasteiger partial charge in [-0.05, 0) is 35.0 Å². The number of nitrogens with one attached hydrogen (secondary N) is 2. The largest absolute Gasteiger partial charge is 0.371 e. The van der Waals surface area contributed by atoms with Gasteiger partial charge in [0.15, 0.2) is 0 Å². The zero-order chi connectivity index (χ0) is 12.8. The fourth-order valence-electron chi connectivity index (χ4n) is 1.24. The first kappa shape index (κ1) is 13.7. The second kappa shape index (κ2) is 6.39. The van der Waals surface area contributed by atoms with Crippen molar-refractivity contribution in [2.75, 3.05) is 11.9 Å². The van der Waals surface area contributed by atoms with Gasteiger partial charge in [-0.15, -0.1) is 6.58 Å². The summed E-state index contributed by atoms with van der Waals surface area (Å²) in [6.45, 7) is 5.56. The van der Waals surface area contributed by atoms with Crippen LogP contribution in [0.25, 0.3) is 0 Å². The molecular formula is C12H14BrFN2O. The van der Waals surface area contributed by atoms with Gasteiger partial charge in [0.2, 0.25) is 5.91 Å². The fourth-order valence-corrected chi connectivity index (χ4v) is 1.70. The molecule has 0 bridgehead atoms. The predicted molar refractivity (Wildman–Crippen MR) is 70.4 cm³/mol. The Labute approximate surface area is 108 Å². The average molecular weight is 301 g/mol. The van der Waals surface area contributed by atoms with Crippen LogP contribution in [0.3, 0.4) is 0 Å². The molecule has 5 heteroatoms. The van der Waals surface area contributed by atoms with Gasteiger partial charge >= 0.3 is 0 Å². The maximum Gasteiger partial charge on any atom is 0.242 e. The Kier molecular flexibility index (Phi) is 5.15. The van der Waals surface area contributed by atoms with Crippen molar-refractivity contribution < 1.29 is 9.18 Å². The topological polar surface area (TPSA) is 41.1 Å². The van der Waals surface area contributed by atoms with Crippen molar-refractivity contribution in [2.24, 2.45) is 0 Å². The molecule has 0 aromatic heterocycles. The van der Waals surface area contributed by atoms with Crippen molar-refractivity contribution in [3.8, 4) is 0 Å². The van der Waals surface area contributed by atoms with Gasteiger partial charge < -0.3 is 10.6 Å². The first-order valence-electron chi connectivity index (χ1n) is 5.15. The van der Waals surface area contributed by atoms with Gasteiger partial charge in [-0.3, -0.25) is 4.79 Å². The molecule has 0 heterocycles. The molecule has 1 atom stereocenters. The van der Waals surface area contributed by atoms with E-state index in [0.29, 0.717) is 11.0 Å². The van der Waals surface area contributed by atoms with Crippen LogP contribution >= 0.6 is 15.9 Å². The quantitative estimate of drug-likeness (QED) is 0.821. The summed E-state index contributed by atoms with van der Waals surface area (Å²) >= 11 is 3.23. The Morgan fingerprint density at radius 3 is 2.94 bits per heavy atom. The van der Waals surface area contributed by atoms with E-state index >= 15 is 0 Å². The van der Waals surface area contributed by atoms with Crippen molar-refractivity contribution in [3.05, 3.63) is 41.1 Å². The van der Waals surface area contributed by atoms with Gasteiger partial charge in [0, 0.05) is 11.0 Å². The molecule has 3 nitrogen and oxygen atoms in total. The lowest BCUT2D eigenvalue weighted by Crippen LogP contribution is -2.37. The number of para-hydroxylation sites is 1. The lowest BCUT2D eigenvalue weighted by Gasteiger charge is -2.16. The van der Waals surface area contributed by atoms with E-state index in [2.05, 4.69) is 33.1 Å². The number of halogens is 2. The Morgan fingerprint density at radius 1 is 1.65 bits per heavy atom. The molecule has 1 amide bonds. The van der Waals surface area contributed by atoms with Gasteiger partial charge in [0.25, 0.3) is 0 Å². The number of carbonyl (C=O) groups excluding carboxylic acids is 1. The standard InChI is InChI=1S/C12H14BrFN2O/c1-3-7-15-12(17)8(2)16-11-9(13)5-4-6-10(11)14/h3-6,8,16H,1,7H2,2H3,(H,15,17). The van der Waals surface area contributed by atoms with Crippen LogP contribution in [0.2, 0.25) is 0 Å². The molecule has 0 fully saturated rings. The third kappa shape index (κ3) is 3.85. The third-order valence-electron chi connectivity index (χ3n) is 2.14. The van der Waals surface area contributed by atoms with Crippen molar-refractivity contribution in [2.45, 2.75) is 13.0 Å². The maximum atomic E-state index is 13.5. The van der Waals surface area contributed by atoms with E-state index in [1.165, 1.54) is 6.07 Å². The molecule has 2 N–H and O–H groups in total. The van der Waals surface area contributed by atoms with Crippen LogP contribution in [0.15, 0.2) is 35.3 Å². The second-order valence-corrected chi connectivity index (χ2v) is 4.35. The molecule has 0 saturated carbocycles. The van der Waals surface area contributed by atoms with Crippen LogP contribution < -0.4 is 10.6 Å². The van der Waals surface area contributed by atoms with E-state index in [-0.39, 0.29) is 11.6 Å². The van der Waals surface area contributed by atoms with Crippen molar-refractivity contribution in [1.29, 1.82) is 0 Å². The SMILES string of the molecule is C=CCNC(=O)C(C)Nc1c(F)cccc1Br. The molecule has 0 spiro atoms. The fraction of sp³-hybridized carbons (Fsp3) is 0.250. The van der Waals surface area contributed by atoms with E-state index in [1.54, 1.807) is 25.1 Å². The van der Waals surface area contributed by atoms with Crippen LogP contribution in [0.5, 0.6) is 0 Å². The molecule has 0 aliphatic heterocycles. The van der Waals surface area contributed by atoms with E-state index in [4.69, 9.17) is 0 Å². The summed E-state index contributed by atoms with van der Waals surface area (Å²) in [4.78, 5) is 11.6. The summed E-state index contributed by atoms with van der Waals surface area (Å²) < 4.78 is 14.1. The molecule has 1 unspecified atom stereocenters. The molecule has 0 aliphatic carbocycles. The first-order chi connectivity index (χ1) is 8.06. The highest BCUT2D eigenvalue weighted by atomic mass is 79.9. The van der Waals surface area contributed by atoms with Crippen LogP contribution in [-0.2, 0) is 4.79 Å². The van der Waals surface area contributed by atoms with Crippen molar-refractivity contribution in [3.63, 3.8) is 0 Å². The number of rotatable bonds is 5. The van der Waals surface area contributed by atoms with Crippen molar-refractivity contribution >= 4 is 27.5 Å². The molecule has 1 aromatic rings. The Bertz CT molecular complexity index is 403. The monoisotopic (exact) mass is 300 g/mol. The highest BCUT2D eigenvalue weighted by Crippen LogP contribution is 2.25. The number of hydrogen-bond acceptors (Lipinski definition) is 2. The minimum atomic E-state index is -0.525. The van der Waals surface area contributed by atoms with Crippen LogP contribution in [0.1, 0.15) is 6.92 Å². The van der Waals surface area contributed by atoms with E-state index in [1.807, 2.05) is 0 Å². The highest BCUT2D eigenvalue weighted by Gasteiger charge is 2.15. The second-order valence-electron chi connectivity index (χ2n) is 3.50. The van der Waals surface area contributed by atoms with Crippen LogP contribution in [0.4, 0.5) is 10.1 Å². The Hall–Kier alpha value is -1.36. The number of anilines is 1. The molecule has 0 aliphatic rings. The van der Waals surface area contributed by atoms with Gasteiger partial charge in [-0.25, -0.2) is 4.39 Å². The lowest BCUT2D eigenvalue weighted by atomic mass is 10.2. The van der Waals surface area contributed by atoms with Crippen LogP contribution in [0, 0.1) is 5.82 Å². The minimum absolute atomic E-state index is 0.208. The predicted octanol–water partition coefficient (Wildman–Crippen LogP) is 2.69. The zero-order valence-corrected chi connectivity index (χ0v) is 11.1.